The minimum atomic E-state index is -1.62. The summed E-state index contributed by atoms with van der Waals surface area (Å²) < 4.78 is 11.2. The van der Waals surface area contributed by atoms with Gasteiger partial charge in [-0.15, -0.1) is 11.6 Å². The largest absolute Gasteiger partial charge is 0.458 e. The monoisotopic (exact) mass is 396 g/mol. The first-order valence-electron chi connectivity index (χ1n) is 9.03. The SMILES string of the molecule is C=C1CC(OC(=O)C(C)=CC)C2C(=C)C(=O)OC2C2C1CC(O)C2(O)CCl. The number of hydrogen-bond acceptors (Lipinski definition) is 6. The van der Waals surface area contributed by atoms with Crippen molar-refractivity contribution in [3.05, 3.63) is 36.0 Å². The van der Waals surface area contributed by atoms with Gasteiger partial charge in [-0.2, -0.15) is 0 Å². The van der Waals surface area contributed by atoms with Gasteiger partial charge < -0.3 is 19.7 Å². The van der Waals surface area contributed by atoms with Gasteiger partial charge in [-0.1, -0.05) is 24.8 Å². The zero-order chi connectivity index (χ0) is 20.1. The van der Waals surface area contributed by atoms with Crippen molar-refractivity contribution in [3.63, 3.8) is 0 Å². The number of halogens is 1. The average Bonchev–Trinajstić information content (AvgIpc) is 3.03. The summed E-state index contributed by atoms with van der Waals surface area (Å²) in [6.07, 6.45) is -0.335. The highest BCUT2D eigenvalue weighted by Crippen LogP contribution is 2.55. The van der Waals surface area contributed by atoms with Crippen LogP contribution in [-0.4, -0.2) is 51.9 Å². The molecule has 0 aromatic carbocycles. The van der Waals surface area contributed by atoms with Crippen LogP contribution >= 0.6 is 11.6 Å². The molecule has 148 valence electrons. The quantitative estimate of drug-likeness (QED) is 0.327. The minimum absolute atomic E-state index is 0.197. The van der Waals surface area contributed by atoms with Crippen LogP contribution in [0.5, 0.6) is 0 Å². The third-order valence-corrected chi connectivity index (χ3v) is 6.72. The highest BCUT2D eigenvalue weighted by atomic mass is 35.5. The first-order valence-corrected chi connectivity index (χ1v) is 9.56. The first-order chi connectivity index (χ1) is 12.7. The van der Waals surface area contributed by atoms with E-state index in [4.69, 9.17) is 21.1 Å². The Labute approximate surface area is 163 Å². The molecule has 1 aliphatic heterocycles. The molecule has 0 bridgehead atoms. The van der Waals surface area contributed by atoms with Gasteiger partial charge in [0.15, 0.2) is 0 Å². The maximum absolute atomic E-state index is 12.3. The van der Waals surface area contributed by atoms with Crippen LogP contribution in [-0.2, 0) is 19.1 Å². The van der Waals surface area contributed by atoms with Crippen molar-refractivity contribution >= 4 is 23.5 Å². The minimum Gasteiger partial charge on any atom is -0.458 e. The second-order valence-corrected chi connectivity index (χ2v) is 7.97. The Morgan fingerprint density at radius 3 is 2.74 bits per heavy atom. The van der Waals surface area contributed by atoms with E-state index in [-0.39, 0.29) is 23.8 Å². The Morgan fingerprint density at radius 2 is 2.15 bits per heavy atom. The molecule has 0 radical (unpaired) electrons. The van der Waals surface area contributed by atoms with Crippen molar-refractivity contribution in [2.75, 3.05) is 5.88 Å². The number of aliphatic hydroxyl groups is 2. The molecule has 1 saturated heterocycles. The predicted octanol–water partition coefficient (Wildman–Crippen LogP) is 1.89. The molecule has 3 rings (SSSR count). The summed E-state index contributed by atoms with van der Waals surface area (Å²) >= 11 is 6.01. The van der Waals surface area contributed by atoms with E-state index < -0.39 is 47.7 Å². The van der Waals surface area contributed by atoms with Crippen molar-refractivity contribution in [1.29, 1.82) is 0 Å². The number of carbonyl (C=O) groups excluding carboxylic acids is 2. The molecule has 2 N–H and O–H groups in total. The van der Waals surface area contributed by atoms with Crippen molar-refractivity contribution in [3.8, 4) is 0 Å². The van der Waals surface area contributed by atoms with E-state index >= 15 is 0 Å². The molecule has 6 nitrogen and oxygen atoms in total. The van der Waals surface area contributed by atoms with Gasteiger partial charge in [-0.05, 0) is 26.2 Å². The third-order valence-electron chi connectivity index (χ3n) is 6.30. The zero-order valence-electron chi connectivity index (χ0n) is 15.5. The van der Waals surface area contributed by atoms with Crippen LogP contribution < -0.4 is 0 Å². The Morgan fingerprint density at radius 1 is 1.48 bits per heavy atom. The van der Waals surface area contributed by atoms with E-state index in [9.17, 15) is 19.8 Å². The highest BCUT2D eigenvalue weighted by molar-refractivity contribution is 6.18. The molecule has 7 unspecified atom stereocenters. The van der Waals surface area contributed by atoms with E-state index in [2.05, 4.69) is 13.2 Å². The van der Waals surface area contributed by atoms with Gasteiger partial charge in [0.2, 0.25) is 0 Å². The molecule has 0 aromatic rings. The van der Waals surface area contributed by atoms with Crippen molar-refractivity contribution in [1.82, 2.24) is 0 Å². The maximum Gasteiger partial charge on any atom is 0.334 e. The summed E-state index contributed by atoms with van der Waals surface area (Å²) in [5, 5.41) is 21.5. The Hall–Kier alpha value is -1.63. The molecule has 1 heterocycles. The molecule has 2 saturated carbocycles. The lowest BCUT2D eigenvalue weighted by atomic mass is 9.76. The smallest absolute Gasteiger partial charge is 0.334 e. The number of fused-ring (bicyclic) bond motifs is 3. The molecular formula is C20H25ClO6. The summed E-state index contributed by atoms with van der Waals surface area (Å²) in [6.45, 7) is 11.3. The normalized spacial score (nSPS) is 41.7. The van der Waals surface area contributed by atoms with Crippen LogP contribution in [0.3, 0.4) is 0 Å². The van der Waals surface area contributed by atoms with Gasteiger partial charge in [0, 0.05) is 23.5 Å². The van der Waals surface area contributed by atoms with Crippen LogP contribution in [0.2, 0.25) is 0 Å². The third kappa shape index (κ3) is 3.04. The molecule has 3 fully saturated rings. The predicted molar refractivity (Wildman–Crippen MR) is 98.9 cm³/mol. The Bertz CT molecular complexity index is 728. The van der Waals surface area contributed by atoms with Gasteiger partial charge >= 0.3 is 11.9 Å². The van der Waals surface area contributed by atoms with E-state index in [0.717, 1.165) is 5.57 Å². The van der Waals surface area contributed by atoms with E-state index in [1.54, 1.807) is 19.9 Å². The van der Waals surface area contributed by atoms with E-state index in [0.29, 0.717) is 12.0 Å². The van der Waals surface area contributed by atoms with Crippen molar-refractivity contribution in [2.45, 2.75) is 50.6 Å². The highest BCUT2D eigenvalue weighted by Gasteiger charge is 2.64. The van der Waals surface area contributed by atoms with Gasteiger partial charge in [0.25, 0.3) is 0 Å². The first kappa shape index (κ1) is 20.1. The Balaban J connectivity index is 2.03. The van der Waals surface area contributed by atoms with Gasteiger partial charge in [0.05, 0.1) is 17.9 Å². The summed E-state index contributed by atoms with van der Waals surface area (Å²) in [6, 6.07) is 0. The lowest BCUT2D eigenvalue weighted by Crippen LogP contribution is -2.52. The summed E-state index contributed by atoms with van der Waals surface area (Å²) in [5.41, 5.74) is -0.247. The fourth-order valence-electron chi connectivity index (χ4n) is 4.61. The van der Waals surface area contributed by atoms with Crippen LogP contribution in [0.15, 0.2) is 36.0 Å². The lowest BCUT2D eigenvalue weighted by Gasteiger charge is -2.37. The van der Waals surface area contributed by atoms with Crippen molar-refractivity contribution < 1.29 is 29.3 Å². The second kappa shape index (κ2) is 7.08. The fraction of sp³-hybridized carbons (Fsp3) is 0.600. The van der Waals surface area contributed by atoms with Gasteiger partial charge in [0.1, 0.15) is 17.8 Å². The van der Waals surface area contributed by atoms with E-state index in [1.165, 1.54) is 0 Å². The fourth-order valence-corrected chi connectivity index (χ4v) is 4.97. The van der Waals surface area contributed by atoms with Crippen LogP contribution in [0.4, 0.5) is 0 Å². The number of aliphatic hydroxyl groups excluding tert-OH is 1. The number of esters is 2. The lowest BCUT2D eigenvalue weighted by molar-refractivity contribution is -0.155. The van der Waals surface area contributed by atoms with E-state index in [1.807, 2.05) is 0 Å². The number of carbonyl (C=O) groups is 2. The van der Waals surface area contributed by atoms with Gasteiger partial charge in [-0.3, -0.25) is 0 Å². The number of allylic oxidation sites excluding steroid dienone is 1. The summed E-state index contributed by atoms with van der Waals surface area (Å²) in [4.78, 5) is 24.6. The number of hydrogen-bond donors (Lipinski definition) is 2. The Kier molecular flexibility index (Phi) is 5.27. The molecule has 3 aliphatic rings. The zero-order valence-corrected chi connectivity index (χ0v) is 16.2. The molecule has 7 atom stereocenters. The molecule has 0 spiro atoms. The summed E-state index contributed by atoms with van der Waals surface area (Å²) in [5.74, 6) is -2.85. The molecule has 27 heavy (non-hydrogen) atoms. The number of ether oxygens (including phenoxy) is 2. The topological polar surface area (TPSA) is 93.1 Å². The molecule has 0 amide bonds. The number of alkyl halides is 1. The molecule has 2 aliphatic carbocycles. The molecule has 7 heteroatoms. The van der Waals surface area contributed by atoms with Crippen LogP contribution in [0.25, 0.3) is 0 Å². The standard InChI is InChI=1S/C20H25ClO6/c1-5-9(2)18(23)26-13-6-10(3)12-7-14(22)20(25,8-21)16(12)17-15(13)11(4)19(24)27-17/h5,12-17,22,25H,3-4,6-8H2,1-2H3. The van der Waals surface area contributed by atoms with Crippen molar-refractivity contribution in [2.24, 2.45) is 17.8 Å². The average molecular weight is 397 g/mol. The molecular weight excluding hydrogens is 372 g/mol. The van der Waals surface area contributed by atoms with Crippen LogP contribution in [0, 0.1) is 17.8 Å². The second-order valence-electron chi connectivity index (χ2n) is 7.71. The maximum atomic E-state index is 12.3. The van der Waals surface area contributed by atoms with Gasteiger partial charge in [-0.25, -0.2) is 9.59 Å². The number of rotatable bonds is 3. The summed E-state index contributed by atoms with van der Waals surface area (Å²) in [7, 11) is 0. The molecule has 0 aromatic heterocycles. The van der Waals surface area contributed by atoms with Crippen LogP contribution in [0.1, 0.15) is 26.7 Å².